The lowest BCUT2D eigenvalue weighted by Gasteiger charge is -2.26. The number of rotatable bonds is 5. The van der Waals surface area contributed by atoms with Gasteiger partial charge >= 0.3 is 0 Å². The second-order valence-electron chi connectivity index (χ2n) is 5.70. The second-order valence-corrected chi connectivity index (χ2v) is 6.62. The SMILES string of the molecule is CCN(CC(=O)NC(C)(C)C)c1ccc(Br)cc1[N+](=O)[O-]. The average molecular weight is 358 g/mol. The predicted octanol–water partition coefficient (Wildman–Crippen LogP) is 3.10. The van der Waals surface area contributed by atoms with Crippen LogP contribution in [-0.2, 0) is 4.79 Å². The minimum Gasteiger partial charge on any atom is -0.357 e. The molecule has 0 atom stereocenters. The van der Waals surface area contributed by atoms with Crippen molar-refractivity contribution in [2.75, 3.05) is 18.0 Å². The van der Waals surface area contributed by atoms with Gasteiger partial charge in [0.2, 0.25) is 5.91 Å². The number of nitrogens with one attached hydrogen (secondary N) is 1. The summed E-state index contributed by atoms with van der Waals surface area (Å²) in [6.45, 7) is 8.11. The fourth-order valence-corrected chi connectivity index (χ4v) is 2.26. The molecular formula is C14H20BrN3O3. The van der Waals surface area contributed by atoms with Crippen LogP contribution in [0.4, 0.5) is 11.4 Å². The van der Waals surface area contributed by atoms with Crippen LogP contribution >= 0.6 is 15.9 Å². The Kier molecular flexibility index (Phi) is 5.71. The van der Waals surface area contributed by atoms with Gasteiger partial charge in [0.15, 0.2) is 0 Å². The fraction of sp³-hybridized carbons (Fsp3) is 0.500. The van der Waals surface area contributed by atoms with Gasteiger partial charge in [-0.2, -0.15) is 0 Å². The van der Waals surface area contributed by atoms with Crippen LogP contribution in [0.5, 0.6) is 0 Å². The van der Waals surface area contributed by atoms with Crippen molar-refractivity contribution in [2.45, 2.75) is 33.2 Å². The Bertz CT molecular complexity index is 541. The number of anilines is 1. The van der Waals surface area contributed by atoms with Gasteiger partial charge < -0.3 is 10.2 Å². The molecule has 1 aromatic carbocycles. The van der Waals surface area contributed by atoms with Gasteiger partial charge in [0, 0.05) is 22.6 Å². The topological polar surface area (TPSA) is 75.5 Å². The number of hydrogen-bond donors (Lipinski definition) is 1. The van der Waals surface area contributed by atoms with Crippen molar-refractivity contribution < 1.29 is 9.72 Å². The summed E-state index contributed by atoms with van der Waals surface area (Å²) in [5, 5.41) is 14.0. The van der Waals surface area contributed by atoms with Crippen LogP contribution in [0.2, 0.25) is 0 Å². The molecule has 0 radical (unpaired) electrons. The molecule has 0 heterocycles. The van der Waals surface area contributed by atoms with Crippen LogP contribution in [0.3, 0.4) is 0 Å². The first-order valence-electron chi connectivity index (χ1n) is 6.64. The van der Waals surface area contributed by atoms with Gasteiger partial charge in [-0.15, -0.1) is 0 Å². The minimum atomic E-state index is -0.440. The Morgan fingerprint density at radius 2 is 2.05 bits per heavy atom. The predicted molar refractivity (Wildman–Crippen MR) is 86.6 cm³/mol. The summed E-state index contributed by atoms with van der Waals surface area (Å²) in [5.41, 5.74) is 0.0897. The summed E-state index contributed by atoms with van der Waals surface area (Å²) >= 11 is 3.22. The molecule has 116 valence electrons. The third kappa shape index (κ3) is 5.34. The molecule has 0 saturated heterocycles. The van der Waals surface area contributed by atoms with Crippen molar-refractivity contribution in [3.8, 4) is 0 Å². The van der Waals surface area contributed by atoms with Crippen molar-refractivity contribution in [3.63, 3.8) is 0 Å². The van der Waals surface area contributed by atoms with Crippen molar-refractivity contribution >= 4 is 33.2 Å². The van der Waals surface area contributed by atoms with E-state index in [1.54, 1.807) is 17.0 Å². The number of halogens is 1. The quantitative estimate of drug-likeness (QED) is 0.648. The van der Waals surface area contributed by atoms with E-state index in [-0.39, 0.29) is 23.7 Å². The third-order valence-electron chi connectivity index (χ3n) is 2.71. The molecule has 0 fully saturated rings. The number of carbonyl (C=O) groups excluding carboxylic acids is 1. The fourth-order valence-electron chi connectivity index (χ4n) is 1.91. The van der Waals surface area contributed by atoms with E-state index in [1.165, 1.54) is 6.07 Å². The van der Waals surface area contributed by atoms with Crippen LogP contribution in [0, 0.1) is 10.1 Å². The molecule has 0 unspecified atom stereocenters. The monoisotopic (exact) mass is 357 g/mol. The average Bonchev–Trinajstić information content (AvgIpc) is 2.34. The maximum atomic E-state index is 12.0. The highest BCUT2D eigenvalue weighted by Gasteiger charge is 2.22. The molecule has 0 spiro atoms. The Balaban J connectivity index is 3.00. The molecule has 21 heavy (non-hydrogen) atoms. The molecule has 1 aromatic rings. The zero-order chi connectivity index (χ0) is 16.2. The van der Waals surface area contributed by atoms with Gasteiger partial charge in [0.05, 0.1) is 11.5 Å². The Morgan fingerprint density at radius 3 is 2.52 bits per heavy atom. The molecule has 0 bridgehead atoms. The maximum absolute atomic E-state index is 12.0. The summed E-state index contributed by atoms with van der Waals surface area (Å²) < 4.78 is 0.633. The number of hydrogen-bond acceptors (Lipinski definition) is 4. The largest absolute Gasteiger partial charge is 0.357 e. The standard InChI is InChI=1S/C14H20BrN3O3/c1-5-17(9-13(19)16-14(2,3)4)11-7-6-10(15)8-12(11)18(20)21/h6-8H,5,9H2,1-4H3,(H,16,19). The van der Waals surface area contributed by atoms with E-state index in [1.807, 2.05) is 27.7 Å². The lowest BCUT2D eigenvalue weighted by molar-refractivity contribution is -0.384. The van der Waals surface area contributed by atoms with Crippen LogP contribution in [0.25, 0.3) is 0 Å². The number of nitro groups is 1. The molecule has 0 aliphatic heterocycles. The Morgan fingerprint density at radius 1 is 1.43 bits per heavy atom. The molecule has 1 rings (SSSR count). The second kappa shape index (κ2) is 6.89. The molecule has 1 N–H and O–H groups in total. The van der Waals surface area contributed by atoms with Crippen LogP contribution in [0.15, 0.2) is 22.7 Å². The number of likely N-dealkylation sites (N-methyl/N-ethyl adjacent to an activating group) is 1. The van der Waals surface area contributed by atoms with E-state index in [4.69, 9.17) is 0 Å². The van der Waals surface area contributed by atoms with E-state index >= 15 is 0 Å². The number of nitrogens with zero attached hydrogens (tertiary/aromatic N) is 2. The first kappa shape index (κ1) is 17.4. The lowest BCUT2D eigenvalue weighted by Crippen LogP contribution is -2.46. The first-order valence-corrected chi connectivity index (χ1v) is 7.43. The van der Waals surface area contributed by atoms with Gasteiger partial charge in [-0.25, -0.2) is 0 Å². The highest BCUT2D eigenvalue weighted by Crippen LogP contribution is 2.31. The lowest BCUT2D eigenvalue weighted by atomic mass is 10.1. The van der Waals surface area contributed by atoms with Crippen LogP contribution in [0.1, 0.15) is 27.7 Å². The molecular weight excluding hydrogens is 338 g/mol. The van der Waals surface area contributed by atoms with E-state index in [0.717, 1.165) is 0 Å². The molecule has 6 nitrogen and oxygen atoms in total. The summed E-state index contributed by atoms with van der Waals surface area (Å²) in [7, 11) is 0. The number of benzene rings is 1. The van der Waals surface area contributed by atoms with E-state index in [0.29, 0.717) is 16.7 Å². The minimum absolute atomic E-state index is 0.0187. The summed E-state index contributed by atoms with van der Waals surface area (Å²) in [5.74, 6) is -0.165. The van der Waals surface area contributed by atoms with Gasteiger partial charge in [-0.1, -0.05) is 15.9 Å². The third-order valence-corrected chi connectivity index (χ3v) is 3.20. The number of carbonyl (C=O) groups is 1. The smallest absolute Gasteiger partial charge is 0.293 e. The van der Waals surface area contributed by atoms with Crippen LogP contribution < -0.4 is 10.2 Å². The molecule has 7 heteroatoms. The van der Waals surface area contributed by atoms with Crippen molar-refractivity contribution in [2.24, 2.45) is 0 Å². The normalized spacial score (nSPS) is 11.1. The highest BCUT2D eigenvalue weighted by atomic mass is 79.9. The zero-order valence-electron chi connectivity index (χ0n) is 12.6. The summed E-state index contributed by atoms with van der Waals surface area (Å²) in [6.07, 6.45) is 0. The molecule has 0 saturated carbocycles. The Hall–Kier alpha value is -1.63. The highest BCUT2D eigenvalue weighted by molar-refractivity contribution is 9.10. The first-order chi connectivity index (χ1) is 9.64. The molecule has 0 aliphatic rings. The van der Waals surface area contributed by atoms with Gasteiger partial charge in [-0.05, 0) is 39.8 Å². The molecule has 1 amide bonds. The Labute approximate surface area is 132 Å². The summed E-state index contributed by atoms with van der Waals surface area (Å²) in [6, 6.07) is 4.82. The number of amides is 1. The van der Waals surface area contributed by atoms with E-state index in [2.05, 4.69) is 21.2 Å². The van der Waals surface area contributed by atoms with Crippen molar-refractivity contribution in [3.05, 3.63) is 32.8 Å². The van der Waals surface area contributed by atoms with Gasteiger partial charge in [0.1, 0.15) is 5.69 Å². The number of nitro benzene ring substituents is 1. The zero-order valence-corrected chi connectivity index (χ0v) is 14.2. The summed E-state index contributed by atoms with van der Waals surface area (Å²) in [4.78, 5) is 24.4. The van der Waals surface area contributed by atoms with Gasteiger partial charge in [0.25, 0.3) is 5.69 Å². The van der Waals surface area contributed by atoms with E-state index in [9.17, 15) is 14.9 Å². The van der Waals surface area contributed by atoms with Crippen molar-refractivity contribution in [1.29, 1.82) is 0 Å². The van der Waals surface area contributed by atoms with E-state index < -0.39 is 4.92 Å². The van der Waals surface area contributed by atoms with Crippen LogP contribution in [-0.4, -0.2) is 29.5 Å². The maximum Gasteiger partial charge on any atom is 0.293 e. The van der Waals surface area contributed by atoms with Gasteiger partial charge in [-0.3, -0.25) is 14.9 Å². The molecule has 0 aliphatic carbocycles. The van der Waals surface area contributed by atoms with Crippen molar-refractivity contribution in [1.82, 2.24) is 5.32 Å². The molecule has 0 aromatic heterocycles.